The highest BCUT2D eigenvalue weighted by atomic mass is 35.5. The van der Waals surface area contributed by atoms with Crippen molar-refractivity contribution in [3.8, 4) is 5.69 Å². The van der Waals surface area contributed by atoms with E-state index in [4.69, 9.17) is 11.6 Å². The molecule has 3 rings (SSSR count). The monoisotopic (exact) mass is 272 g/mol. The number of alkyl halides is 1. The number of halogens is 1. The van der Waals surface area contributed by atoms with E-state index < -0.39 is 0 Å². The molecule has 0 spiro atoms. The Labute approximate surface area is 116 Å². The van der Waals surface area contributed by atoms with Gasteiger partial charge in [0.05, 0.1) is 22.8 Å². The minimum Gasteiger partial charge on any atom is -0.256 e. The van der Waals surface area contributed by atoms with Gasteiger partial charge in [-0.05, 0) is 30.7 Å². The van der Waals surface area contributed by atoms with Crippen LogP contribution in [0.3, 0.4) is 0 Å². The number of aromatic nitrogens is 4. The first-order chi connectivity index (χ1) is 9.29. The van der Waals surface area contributed by atoms with Gasteiger partial charge in [-0.2, -0.15) is 0 Å². The van der Waals surface area contributed by atoms with Crippen LogP contribution in [0.4, 0.5) is 0 Å². The molecule has 96 valence electrons. The van der Waals surface area contributed by atoms with Crippen molar-refractivity contribution in [3.63, 3.8) is 0 Å². The molecule has 0 bridgehead atoms. The second-order valence-corrected chi connectivity index (χ2v) is 4.84. The number of hydrogen-bond donors (Lipinski definition) is 0. The Morgan fingerprint density at radius 1 is 1.26 bits per heavy atom. The summed E-state index contributed by atoms with van der Waals surface area (Å²) in [6.07, 6.45) is 4.49. The van der Waals surface area contributed by atoms with E-state index in [2.05, 4.69) is 15.3 Å². The van der Waals surface area contributed by atoms with Gasteiger partial charge in [0.25, 0.3) is 0 Å². The highest BCUT2D eigenvalue weighted by Gasteiger charge is 2.12. The molecule has 0 aliphatic heterocycles. The molecule has 2 heterocycles. The third-order valence-corrected chi connectivity index (χ3v) is 3.59. The minimum absolute atomic E-state index is 0.0955. The third-order valence-electron chi connectivity index (χ3n) is 3.06. The first-order valence-electron chi connectivity index (χ1n) is 6.20. The van der Waals surface area contributed by atoms with E-state index >= 15 is 0 Å². The molecule has 19 heavy (non-hydrogen) atoms. The summed E-state index contributed by atoms with van der Waals surface area (Å²) >= 11 is 6.18. The largest absolute Gasteiger partial charge is 0.256 e. The van der Waals surface area contributed by atoms with Crippen molar-refractivity contribution in [2.45, 2.75) is 18.7 Å². The Morgan fingerprint density at radius 3 is 3.00 bits per heavy atom. The predicted molar refractivity (Wildman–Crippen MR) is 75.5 cm³/mol. The van der Waals surface area contributed by atoms with Crippen molar-refractivity contribution >= 4 is 22.5 Å². The standard InChI is InChI=1S/C14H13ClN4/c1-2-11(15)13-9-19(18-17-13)14-7-3-6-12-10(14)5-4-8-16-12/h3-9,11H,2H2,1H3. The molecule has 0 saturated carbocycles. The molecule has 4 nitrogen and oxygen atoms in total. The molecular formula is C14H13ClN4. The van der Waals surface area contributed by atoms with Crippen LogP contribution < -0.4 is 0 Å². The molecule has 0 fully saturated rings. The van der Waals surface area contributed by atoms with Crippen LogP contribution in [0.25, 0.3) is 16.6 Å². The van der Waals surface area contributed by atoms with E-state index in [0.717, 1.165) is 28.7 Å². The molecule has 1 aromatic carbocycles. The van der Waals surface area contributed by atoms with Crippen LogP contribution in [-0.4, -0.2) is 20.0 Å². The zero-order valence-electron chi connectivity index (χ0n) is 10.5. The number of fused-ring (bicyclic) bond motifs is 1. The lowest BCUT2D eigenvalue weighted by molar-refractivity contribution is 0.788. The third kappa shape index (κ3) is 2.19. The van der Waals surface area contributed by atoms with Gasteiger partial charge in [-0.15, -0.1) is 16.7 Å². The zero-order valence-corrected chi connectivity index (χ0v) is 11.2. The molecule has 0 aliphatic rings. The van der Waals surface area contributed by atoms with Crippen molar-refractivity contribution in [1.29, 1.82) is 0 Å². The van der Waals surface area contributed by atoms with Crippen LogP contribution in [0, 0.1) is 0 Å². The van der Waals surface area contributed by atoms with Crippen LogP contribution in [0.5, 0.6) is 0 Å². The smallest absolute Gasteiger partial charge is 0.101 e. The molecule has 0 N–H and O–H groups in total. The highest BCUT2D eigenvalue weighted by Crippen LogP contribution is 2.24. The highest BCUT2D eigenvalue weighted by molar-refractivity contribution is 6.20. The van der Waals surface area contributed by atoms with Crippen LogP contribution in [-0.2, 0) is 0 Å². The molecule has 0 aliphatic carbocycles. The molecule has 0 saturated heterocycles. The van der Waals surface area contributed by atoms with Crippen molar-refractivity contribution in [2.24, 2.45) is 0 Å². The minimum atomic E-state index is -0.0955. The molecule has 0 amide bonds. The van der Waals surface area contributed by atoms with Gasteiger partial charge in [-0.1, -0.05) is 18.2 Å². The maximum absolute atomic E-state index is 6.18. The second kappa shape index (κ2) is 4.97. The summed E-state index contributed by atoms with van der Waals surface area (Å²) in [5.41, 5.74) is 2.70. The lowest BCUT2D eigenvalue weighted by Crippen LogP contribution is -1.96. The van der Waals surface area contributed by atoms with Gasteiger partial charge in [0.2, 0.25) is 0 Å². The average molecular weight is 273 g/mol. The molecule has 2 aromatic heterocycles. The summed E-state index contributed by atoms with van der Waals surface area (Å²) in [5.74, 6) is 0. The average Bonchev–Trinajstić information content (AvgIpc) is 2.95. The van der Waals surface area contributed by atoms with Gasteiger partial charge in [-0.3, -0.25) is 4.98 Å². The first kappa shape index (κ1) is 12.1. The Hall–Kier alpha value is -1.94. The van der Waals surface area contributed by atoms with Gasteiger partial charge in [0.15, 0.2) is 0 Å². The van der Waals surface area contributed by atoms with Crippen molar-refractivity contribution in [2.75, 3.05) is 0 Å². The summed E-state index contributed by atoms with van der Waals surface area (Å²) in [6.45, 7) is 2.03. The maximum atomic E-state index is 6.18. The fraction of sp³-hybridized carbons (Fsp3) is 0.214. The van der Waals surface area contributed by atoms with Gasteiger partial charge in [-0.25, -0.2) is 4.68 Å². The number of nitrogens with zero attached hydrogens (tertiary/aromatic N) is 4. The number of benzene rings is 1. The molecule has 0 radical (unpaired) electrons. The summed E-state index contributed by atoms with van der Waals surface area (Å²) in [7, 11) is 0. The number of pyridine rings is 1. The van der Waals surface area contributed by atoms with Gasteiger partial charge < -0.3 is 0 Å². The SMILES string of the molecule is CCC(Cl)c1cn(-c2cccc3ncccc23)nn1. The Balaban J connectivity index is 2.12. The van der Waals surface area contributed by atoms with E-state index in [1.54, 1.807) is 10.9 Å². The molecule has 5 heteroatoms. The maximum Gasteiger partial charge on any atom is 0.101 e. The first-order valence-corrected chi connectivity index (χ1v) is 6.63. The fourth-order valence-electron chi connectivity index (χ4n) is 2.03. The van der Waals surface area contributed by atoms with E-state index in [1.807, 2.05) is 43.5 Å². The Morgan fingerprint density at radius 2 is 2.16 bits per heavy atom. The van der Waals surface area contributed by atoms with Gasteiger partial charge in [0.1, 0.15) is 5.69 Å². The van der Waals surface area contributed by atoms with Gasteiger partial charge in [0, 0.05) is 11.6 Å². The van der Waals surface area contributed by atoms with Crippen molar-refractivity contribution in [1.82, 2.24) is 20.0 Å². The van der Waals surface area contributed by atoms with E-state index in [1.165, 1.54) is 0 Å². The number of rotatable bonds is 3. The van der Waals surface area contributed by atoms with Crippen molar-refractivity contribution < 1.29 is 0 Å². The molecule has 3 aromatic rings. The topological polar surface area (TPSA) is 43.6 Å². The van der Waals surface area contributed by atoms with Crippen LogP contribution in [0.1, 0.15) is 24.4 Å². The predicted octanol–water partition coefficient (Wildman–Crippen LogP) is 3.51. The second-order valence-electron chi connectivity index (χ2n) is 4.31. The van der Waals surface area contributed by atoms with E-state index in [9.17, 15) is 0 Å². The summed E-state index contributed by atoms with van der Waals surface area (Å²) < 4.78 is 1.75. The molecule has 1 unspecified atom stereocenters. The summed E-state index contributed by atoms with van der Waals surface area (Å²) in [5, 5.41) is 9.24. The van der Waals surface area contributed by atoms with E-state index in [0.29, 0.717) is 0 Å². The lowest BCUT2D eigenvalue weighted by Gasteiger charge is -2.04. The van der Waals surface area contributed by atoms with Crippen LogP contribution in [0.2, 0.25) is 0 Å². The zero-order chi connectivity index (χ0) is 13.2. The van der Waals surface area contributed by atoms with Crippen LogP contribution >= 0.6 is 11.6 Å². The molecular weight excluding hydrogens is 260 g/mol. The summed E-state index contributed by atoms with van der Waals surface area (Å²) in [4.78, 5) is 4.34. The Bertz CT molecular complexity index is 702. The van der Waals surface area contributed by atoms with Gasteiger partial charge >= 0.3 is 0 Å². The summed E-state index contributed by atoms with van der Waals surface area (Å²) in [6, 6.07) is 9.88. The normalized spacial score (nSPS) is 12.7. The number of hydrogen-bond acceptors (Lipinski definition) is 3. The molecule has 1 atom stereocenters. The lowest BCUT2D eigenvalue weighted by atomic mass is 10.2. The Kier molecular flexibility index (Phi) is 3.17. The quantitative estimate of drug-likeness (QED) is 0.686. The van der Waals surface area contributed by atoms with Crippen molar-refractivity contribution in [3.05, 3.63) is 48.4 Å². The van der Waals surface area contributed by atoms with E-state index in [-0.39, 0.29) is 5.38 Å². The fourth-order valence-corrected chi connectivity index (χ4v) is 2.13. The van der Waals surface area contributed by atoms with Crippen LogP contribution in [0.15, 0.2) is 42.7 Å².